The normalized spacial score (nSPS) is 10.7. The molecule has 0 saturated carbocycles. The number of benzene rings is 2. The predicted molar refractivity (Wildman–Crippen MR) is 91.8 cm³/mol. The summed E-state index contributed by atoms with van der Waals surface area (Å²) in [6.45, 7) is 0.540. The van der Waals surface area contributed by atoms with Crippen molar-refractivity contribution in [3.8, 4) is 0 Å². The van der Waals surface area contributed by atoms with Crippen LogP contribution in [0.1, 0.15) is 11.3 Å². The van der Waals surface area contributed by atoms with Crippen molar-refractivity contribution in [1.82, 2.24) is 10.3 Å². The van der Waals surface area contributed by atoms with Gasteiger partial charge in [-0.3, -0.25) is 14.9 Å². The van der Waals surface area contributed by atoms with Crippen LogP contribution < -0.4 is 5.32 Å². The minimum atomic E-state index is -0.454. The van der Waals surface area contributed by atoms with Gasteiger partial charge in [0.2, 0.25) is 5.91 Å². The van der Waals surface area contributed by atoms with Gasteiger partial charge in [-0.2, -0.15) is 0 Å². The molecule has 1 heterocycles. The molecular formula is C18H17N3O3. The van der Waals surface area contributed by atoms with Crippen LogP contribution in [-0.4, -0.2) is 22.4 Å². The van der Waals surface area contributed by atoms with E-state index in [0.717, 1.165) is 28.6 Å². The van der Waals surface area contributed by atoms with Crippen LogP contribution in [0.3, 0.4) is 0 Å². The van der Waals surface area contributed by atoms with Crippen molar-refractivity contribution in [3.63, 3.8) is 0 Å². The fourth-order valence-corrected chi connectivity index (χ4v) is 2.59. The Morgan fingerprint density at radius 1 is 1.12 bits per heavy atom. The molecule has 0 fully saturated rings. The summed E-state index contributed by atoms with van der Waals surface area (Å²) in [7, 11) is 0. The lowest BCUT2D eigenvalue weighted by atomic mass is 10.1. The molecule has 0 spiro atoms. The summed E-state index contributed by atoms with van der Waals surface area (Å²) in [4.78, 5) is 25.4. The third-order valence-electron chi connectivity index (χ3n) is 3.81. The summed E-state index contributed by atoms with van der Waals surface area (Å²) in [5.74, 6) is -0.0973. The molecule has 1 aromatic heterocycles. The predicted octanol–water partition coefficient (Wildman–Crippen LogP) is 2.98. The van der Waals surface area contributed by atoms with Crippen molar-refractivity contribution < 1.29 is 9.72 Å². The van der Waals surface area contributed by atoms with Crippen molar-refractivity contribution in [2.24, 2.45) is 0 Å². The number of aromatic amines is 1. The van der Waals surface area contributed by atoms with Gasteiger partial charge in [0.05, 0.1) is 11.3 Å². The number of carbonyl (C=O) groups excluding carboxylic acids is 1. The van der Waals surface area contributed by atoms with Crippen molar-refractivity contribution in [3.05, 3.63) is 76.0 Å². The number of para-hydroxylation sites is 1. The van der Waals surface area contributed by atoms with Gasteiger partial charge in [-0.25, -0.2) is 0 Å². The molecule has 3 aromatic rings. The monoisotopic (exact) mass is 323 g/mol. The molecule has 3 rings (SSSR count). The SMILES string of the molecule is O=C(Cc1ccc([N+](=O)[O-])cc1)NCCc1cc2ccccc2[nH]1. The van der Waals surface area contributed by atoms with E-state index < -0.39 is 4.92 Å². The third kappa shape index (κ3) is 3.78. The Morgan fingerprint density at radius 3 is 2.58 bits per heavy atom. The van der Waals surface area contributed by atoms with Gasteiger partial charge in [0.15, 0.2) is 0 Å². The van der Waals surface area contributed by atoms with Crippen LogP contribution in [0, 0.1) is 10.1 Å². The van der Waals surface area contributed by atoms with E-state index in [4.69, 9.17) is 0 Å². The summed E-state index contributed by atoms with van der Waals surface area (Å²) >= 11 is 0. The van der Waals surface area contributed by atoms with Crippen LogP contribution in [0.15, 0.2) is 54.6 Å². The molecule has 0 aliphatic rings. The zero-order valence-electron chi connectivity index (χ0n) is 13.0. The quantitative estimate of drug-likeness (QED) is 0.540. The number of carbonyl (C=O) groups is 1. The molecule has 0 aliphatic carbocycles. The van der Waals surface area contributed by atoms with E-state index in [-0.39, 0.29) is 18.0 Å². The first-order chi connectivity index (χ1) is 11.6. The Balaban J connectivity index is 1.49. The second kappa shape index (κ2) is 6.95. The number of nitrogens with zero attached hydrogens (tertiary/aromatic N) is 1. The number of rotatable bonds is 6. The molecule has 0 bridgehead atoms. The van der Waals surface area contributed by atoms with E-state index in [2.05, 4.69) is 16.4 Å². The number of aromatic nitrogens is 1. The van der Waals surface area contributed by atoms with Crippen molar-refractivity contribution in [1.29, 1.82) is 0 Å². The minimum Gasteiger partial charge on any atom is -0.358 e. The standard InChI is InChI=1S/C18H17N3O3/c22-18(11-13-5-7-16(8-6-13)21(23)24)19-10-9-15-12-14-3-1-2-4-17(14)20-15/h1-8,12,20H,9-11H2,(H,19,22). The maximum Gasteiger partial charge on any atom is 0.269 e. The van der Waals surface area contributed by atoms with Crippen LogP contribution in [0.2, 0.25) is 0 Å². The van der Waals surface area contributed by atoms with Crippen LogP contribution in [0.25, 0.3) is 10.9 Å². The zero-order chi connectivity index (χ0) is 16.9. The number of hydrogen-bond donors (Lipinski definition) is 2. The Labute approximate surface area is 138 Å². The maximum absolute atomic E-state index is 11.9. The number of H-pyrrole nitrogens is 1. The molecule has 0 unspecified atom stereocenters. The lowest BCUT2D eigenvalue weighted by Gasteiger charge is -2.04. The highest BCUT2D eigenvalue weighted by Crippen LogP contribution is 2.15. The Kier molecular flexibility index (Phi) is 4.56. The average molecular weight is 323 g/mol. The topological polar surface area (TPSA) is 88.0 Å². The lowest BCUT2D eigenvalue weighted by Crippen LogP contribution is -2.27. The van der Waals surface area contributed by atoms with Gasteiger partial charge < -0.3 is 10.3 Å². The summed E-state index contributed by atoms with van der Waals surface area (Å²) in [6.07, 6.45) is 0.936. The fourth-order valence-electron chi connectivity index (χ4n) is 2.59. The second-order valence-corrected chi connectivity index (χ2v) is 5.58. The van der Waals surface area contributed by atoms with E-state index >= 15 is 0 Å². The minimum absolute atomic E-state index is 0.0259. The first-order valence-corrected chi connectivity index (χ1v) is 7.68. The molecule has 0 radical (unpaired) electrons. The third-order valence-corrected chi connectivity index (χ3v) is 3.81. The van der Waals surface area contributed by atoms with E-state index in [1.807, 2.05) is 24.3 Å². The number of nitro groups is 1. The molecule has 0 aliphatic heterocycles. The Bertz CT molecular complexity index is 836. The Morgan fingerprint density at radius 2 is 1.88 bits per heavy atom. The summed E-state index contributed by atoms with van der Waals surface area (Å²) in [5.41, 5.74) is 2.94. The molecule has 1 amide bonds. The fraction of sp³-hybridized carbons (Fsp3) is 0.167. The molecular weight excluding hydrogens is 306 g/mol. The van der Waals surface area contributed by atoms with Gasteiger partial charge in [-0.15, -0.1) is 0 Å². The van der Waals surface area contributed by atoms with E-state index in [1.54, 1.807) is 12.1 Å². The van der Waals surface area contributed by atoms with Crippen molar-refractivity contribution in [2.75, 3.05) is 6.54 Å². The smallest absolute Gasteiger partial charge is 0.269 e. The van der Waals surface area contributed by atoms with Gasteiger partial charge in [0.1, 0.15) is 0 Å². The van der Waals surface area contributed by atoms with Gasteiger partial charge in [0.25, 0.3) is 5.69 Å². The summed E-state index contributed by atoms with van der Waals surface area (Å²) < 4.78 is 0. The molecule has 2 aromatic carbocycles. The second-order valence-electron chi connectivity index (χ2n) is 5.58. The molecule has 24 heavy (non-hydrogen) atoms. The molecule has 2 N–H and O–H groups in total. The van der Waals surface area contributed by atoms with Gasteiger partial charge >= 0.3 is 0 Å². The van der Waals surface area contributed by atoms with Gasteiger partial charge in [-0.1, -0.05) is 30.3 Å². The molecule has 6 heteroatoms. The van der Waals surface area contributed by atoms with Crippen LogP contribution in [0.5, 0.6) is 0 Å². The van der Waals surface area contributed by atoms with Crippen LogP contribution in [0.4, 0.5) is 5.69 Å². The zero-order valence-corrected chi connectivity index (χ0v) is 13.0. The van der Waals surface area contributed by atoms with Crippen molar-refractivity contribution >= 4 is 22.5 Å². The molecule has 0 atom stereocenters. The molecule has 122 valence electrons. The van der Waals surface area contributed by atoms with Crippen LogP contribution in [-0.2, 0) is 17.6 Å². The number of hydrogen-bond acceptors (Lipinski definition) is 3. The molecule has 0 saturated heterocycles. The first-order valence-electron chi connectivity index (χ1n) is 7.68. The highest BCUT2D eigenvalue weighted by Gasteiger charge is 2.07. The molecule has 6 nitrogen and oxygen atoms in total. The first kappa shape index (κ1) is 15.7. The van der Waals surface area contributed by atoms with E-state index in [9.17, 15) is 14.9 Å². The number of nitro benzene ring substituents is 1. The number of fused-ring (bicyclic) bond motifs is 1. The summed E-state index contributed by atoms with van der Waals surface area (Å²) in [6, 6.07) is 16.2. The number of nitrogens with one attached hydrogen (secondary N) is 2. The highest BCUT2D eigenvalue weighted by atomic mass is 16.6. The average Bonchev–Trinajstić information content (AvgIpc) is 2.98. The van der Waals surface area contributed by atoms with Crippen LogP contribution >= 0.6 is 0 Å². The number of non-ortho nitro benzene ring substituents is 1. The lowest BCUT2D eigenvalue weighted by molar-refractivity contribution is -0.384. The van der Waals surface area contributed by atoms with Gasteiger partial charge in [-0.05, 0) is 23.1 Å². The number of amides is 1. The van der Waals surface area contributed by atoms with Gasteiger partial charge in [0, 0.05) is 36.3 Å². The maximum atomic E-state index is 11.9. The van der Waals surface area contributed by atoms with E-state index in [1.165, 1.54) is 12.1 Å². The Hall–Kier alpha value is -3.15. The van der Waals surface area contributed by atoms with Crippen molar-refractivity contribution in [2.45, 2.75) is 12.8 Å². The van der Waals surface area contributed by atoms with E-state index in [0.29, 0.717) is 6.54 Å². The summed E-state index contributed by atoms with van der Waals surface area (Å²) in [5, 5.41) is 14.6. The highest BCUT2D eigenvalue weighted by molar-refractivity contribution is 5.80. The largest absolute Gasteiger partial charge is 0.358 e.